The molecule has 9 N–H and O–H groups in total. The lowest BCUT2D eigenvalue weighted by atomic mass is 10.1. The molecule has 2 heterocycles. The van der Waals surface area contributed by atoms with Crippen LogP contribution in [-0.2, 0) is 45.6 Å². The van der Waals surface area contributed by atoms with Gasteiger partial charge in [-0.05, 0) is 67.1 Å². The summed E-state index contributed by atoms with van der Waals surface area (Å²) >= 11 is 0.691. The zero-order valence-electron chi connectivity index (χ0n) is 31.3. The standard InChI is InChI=1S/C35H42N10O11S3/c1-36-30(22-57-56-55-50)33(47)37-16-17-43-58(51,52)27-8-3-23(4-9-27)24-5-10-28(11-6-24)59(53,54)44-29(34(48)49)21-41-32(46)25-7-12-31-26(19-25)20-42-45(31)18-2-13-38-35-39-14-15-40-35/h3-12,14-15,19-20,29-30,36,43-44,50H,2,13,16-18,21-22H2,1H3,(H,37,47)(H,41,46)(H,48,49)(H2,38,39,40)/t29-,30-/m0/s1. The van der Waals surface area contributed by atoms with Crippen molar-refractivity contribution in [3.8, 4) is 11.1 Å². The topological polar surface area (TPSA) is 297 Å². The van der Waals surface area contributed by atoms with Gasteiger partial charge in [-0.1, -0.05) is 29.3 Å². The van der Waals surface area contributed by atoms with Gasteiger partial charge in [0.25, 0.3) is 5.91 Å². The van der Waals surface area contributed by atoms with Gasteiger partial charge in [-0.2, -0.15) is 9.82 Å². The van der Waals surface area contributed by atoms with E-state index in [-0.39, 0.29) is 34.2 Å². The summed E-state index contributed by atoms with van der Waals surface area (Å²) < 4.78 is 62.6. The van der Waals surface area contributed by atoms with Gasteiger partial charge in [0.1, 0.15) is 6.04 Å². The summed E-state index contributed by atoms with van der Waals surface area (Å²) in [5, 5.41) is 37.5. The van der Waals surface area contributed by atoms with Crippen LogP contribution in [0.25, 0.3) is 22.0 Å². The van der Waals surface area contributed by atoms with Gasteiger partial charge in [0.15, 0.2) is 5.95 Å². The third-order valence-corrected chi connectivity index (χ3v) is 12.3. The van der Waals surface area contributed by atoms with Crippen molar-refractivity contribution in [1.29, 1.82) is 0 Å². The molecule has 59 heavy (non-hydrogen) atoms. The maximum atomic E-state index is 13.2. The second kappa shape index (κ2) is 21.0. The quantitative estimate of drug-likeness (QED) is 0.0182. The first kappa shape index (κ1) is 44.7. The van der Waals surface area contributed by atoms with Crippen LogP contribution in [0.4, 0.5) is 5.95 Å². The molecule has 2 amide bonds. The summed E-state index contributed by atoms with van der Waals surface area (Å²) in [5.41, 5.74) is 2.15. The second-order valence-electron chi connectivity index (χ2n) is 12.6. The number of imidazole rings is 1. The van der Waals surface area contributed by atoms with Crippen LogP contribution in [-0.4, -0.2) is 116 Å². The van der Waals surface area contributed by atoms with Crippen LogP contribution in [0.3, 0.4) is 0 Å². The Morgan fingerprint density at radius 2 is 1.59 bits per heavy atom. The predicted octanol–water partition coefficient (Wildman–Crippen LogP) is 1.14. The van der Waals surface area contributed by atoms with Gasteiger partial charge < -0.3 is 31.4 Å². The number of benzene rings is 3. The van der Waals surface area contributed by atoms with E-state index in [0.717, 1.165) is 11.9 Å². The number of aromatic nitrogens is 4. The monoisotopic (exact) mass is 874 g/mol. The first-order valence-corrected chi connectivity index (χ1v) is 21.7. The lowest BCUT2D eigenvalue weighted by Gasteiger charge is -2.16. The minimum absolute atomic E-state index is 0.0130. The van der Waals surface area contributed by atoms with Gasteiger partial charge in [0.2, 0.25) is 26.0 Å². The molecule has 0 unspecified atom stereocenters. The molecule has 316 valence electrons. The average Bonchev–Trinajstić information content (AvgIpc) is 3.91. The van der Waals surface area contributed by atoms with Crippen molar-refractivity contribution in [3.63, 3.8) is 0 Å². The molecule has 5 rings (SSSR count). The van der Waals surface area contributed by atoms with Crippen LogP contribution in [0.1, 0.15) is 16.8 Å². The van der Waals surface area contributed by atoms with Gasteiger partial charge in [-0.15, -0.1) is 4.33 Å². The number of carbonyl (C=O) groups is 3. The van der Waals surface area contributed by atoms with E-state index in [1.54, 1.807) is 48.5 Å². The van der Waals surface area contributed by atoms with Gasteiger partial charge in [-0.25, -0.2) is 31.8 Å². The van der Waals surface area contributed by atoms with E-state index in [2.05, 4.69) is 55.2 Å². The molecule has 2 atom stereocenters. The number of aryl methyl sites for hydroxylation is 1. The summed E-state index contributed by atoms with van der Waals surface area (Å²) in [5.74, 6) is -1.76. The number of sulfonamides is 2. The fourth-order valence-electron chi connectivity index (χ4n) is 5.57. The maximum Gasteiger partial charge on any atom is 0.323 e. The molecular weight excluding hydrogens is 833 g/mol. The highest BCUT2D eigenvalue weighted by molar-refractivity contribution is 7.94. The number of nitrogens with zero attached hydrogens (tertiary/aromatic N) is 3. The van der Waals surface area contributed by atoms with Gasteiger partial charge in [0, 0.05) is 73.9 Å². The van der Waals surface area contributed by atoms with Gasteiger partial charge in [0.05, 0.1) is 27.5 Å². The molecule has 0 saturated heterocycles. The summed E-state index contributed by atoms with van der Waals surface area (Å²) in [7, 11) is -6.76. The number of likely N-dealkylation sites (N-methyl/N-ethyl adjacent to an activating group) is 1. The predicted molar refractivity (Wildman–Crippen MR) is 216 cm³/mol. The summed E-state index contributed by atoms with van der Waals surface area (Å²) in [6.07, 6.45) is 5.75. The molecule has 3 aromatic carbocycles. The fourth-order valence-corrected chi connectivity index (χ4v) is 8.35. The average molecular weight is 875 g/mol. The Morgan fingerprint density at radius 3 is 2.22 bits per heavy atom. The Balaban J connectivity index is 1.11. The number of fused-ring (bicyclic) bond motifs is 1. The van der Waals surface area contributed by atoms with E-state index in [4.69, 9.17) is 5.26 Å². The SMILES string of the molecule is CN[C@@H](CSOOO)C(=O)NCCNS(=O)(=O)c1ccc(-c2ccc(S(=O)(=O)N[C@@H](CNC(=O)c3ccc4c(cnn4CCCNc4ncc[nH]4)c3)C(=O)O)cc2)cc1. The second-order valence-corrected chi connectivity index (χ2v) is 16.8. The van der Waals surface area contributed by atoms with E-state index in [0.29, 0.717) is 47.6 Å². The van der Waals surface area contributed by atoms with Crippen LogP contribution in [0.5, 0.6) is 0 Å². The molecule has 21 nitrogen and oxygen atoms in total. The molecule has 0 aliphatic carbocycles. The summed E-state index contributed by atoms with van der Waals surface area (Å²) in [6, 6.07) is 13.8. The molecule has 0 aliphatic heterocycles. The first-order chi connectivity index (χ1) is 28.3. The number of rotatable bonds is 24. The number of anilines is 1. The molecule has 2 aromatic heterocycles. The number of carboxylic acid groups (broad SMARTS) is 1. The molecule has 0 saturated carbocycles. The van der Waals surface area contributed by atoms with E-state index < -0.39 is 56.5 Å². The molecular formula is C35H42N10O11S3. The maximum absolute atomic E-state index is 13.2. The molecule has 5 aromatic rings. The van der Waals surface area contributed by atoms with Gasteiger partial charge in [-0.3, -0.25) is 19.1 Å². The highest BCUT2D eigenvalue weighted by Gasteiger charge is 2.26. The number of amides is 2. The van der Waals surface area contributed by atoms with Crippen LogP contribution < -0.4 is 30.7 Å². The van der Waals surface area contributed by atoms with Gasteiger partial charge >= 0.3 is 5.97 Å². The van der Waals surface area contributed by atoms with E-state index in [1.807, 2.05) is 0 Å². The molecule has 0 spiro atoms. The van der Waals surface area contributed by atoms with Crippen molar-refractivity contribution in [1.82, 2.24) is 45.1 Å². The Labute approximate surface area is 342 Å². The third kappa shape index (κ3) is 12.5. The van der Waals surface area contributed by atoms with Crippen molar-refractivity contribution >= 4 is 66.7 Å². The number of carbonyl (C=O) groups excluding carboxylic acids is 2. The van der Waals surface area contributed by atoms with Crippen LogP contribution >= 0.6 is 12.0 Å². The highest BCUT2D eigenvalue weighted by Crippen LogP contribution is 2.23. The van der Waals surface area contributed by atoms with Crippen LogP contribution in [0.2, 0.25) is 0 Å². The van der Waals surface area contributed by atoms with Crippen molar-refractivity contribution < 1.29 is 51.0 Å². The molecule has 0 fully saturated rings. The number of H-pyrrole nitrogens is 1. The zero-order chi connectivity index (χ0) is 42.4. The first-order valence-electron chi connectivity index (χ1n) is 17.8. The highest BCUT2D eigenvalue weighted by atomic mass is 32.2. The van der Waals surface area contributed by atoms with Crippen molar-refractivity contribution in [2.45, 2.75) is 34.8 Å². The van der Waals surface area contributed by atoms with Crippen LogP contribution in [0, 0.1) is 0 Å². The smallest absolute Gasteiger partial charge is 0.323 e. The number of aliphatic carboxylic acids is 1. The van der Waals surface area contributed by atoms with E-state index in [9.17, 15) is 36.3 Å². The van der Waals surface area contributed by atoms with Crippen molar-refractivity contribution in [2.24, 2.45) is 0 Å². The minimum Gasteiger partial charge on any atom is -0.480 e. The molecule has 0 radical (unpaired) electrons. The summed E-state index contributed by atoms with van der Waals surface area (Å²) in [6.45, 7) is 0.607. The molecule has 24 heteroatoms. The Bertz CT molecular complexity index is 2400. The minimum atomic E-state index is -4.36. The van der Waals surface area contributed by atoms with Crippen molar-refractivity contribution in [2.75, 3.05) is 44.3 Å². The van der Waals surface area contributed by atoms with E-state index in [1.165, 1.54) is 48.5 Å². The van der Waals surface area contributed by atoms with Crippen LogP contribution in [0.15, 0.2) is 95.1 Å². The zero-order valence-corrected chi connectivity index (χ0v) is 33.8. The number of hydrogen-bond donors (Lipinski definition) is 9. The Morgan fingerprint density at radius 1 is 0.898 bits per heavy atom. The molecule has 0 bridgehead atoms. The number of nitrogens with one attached hydrogen (secondary N) is 7. The number of aromatic amines is 1. The number of carboxylic acids is 1. The summed E-state index contributed by atoms with van der Waals surface area (Å²) in [4.78, 5) is 44.1. The molecule has 0 aliphatic rings. The lowest BCUT2D eigenvalue weighted by molar-refractivity contribution is -0.432. The Kier molecular flexibility index (Phi) is 15.9. The number of hydrogen-bond acceptors (Lipinski definition) is 15. The van der Waals surface area contributed by atoms with E-state index >= 15 is 0 Å². The third-order valence-electron chi connectivity index (χ3n) is 8.66. The van der Waals surface area contributed by atoms with Crippen molar-refractivity contribution in [3.05, 3.63) is 90.9 Å². The largest absolute Gasteiger partial charge is 0.480 e. The fraction of sp³-hybridized carbons (Fsp3) is 0.286. The Hall–Kier alpha value is -5.44. The lowest BCUT2D eigenvalue weighted by Crippen LogP contribution is -2.48. The normalized spacial score (nSPS) is 12.8.